The van der Waals surface area contributed by atoms with Gasteiger partial charge in [0.15, 0.2) is 0 Å². The predicted octanol–water partition coefficient (Wildman–Crippen LogP) is 1.38. The number of hydrogen-bond donors (Lipinski definition) is 1. The fourth-order valence-electron chi connectivity index (χ4n) is 1.47. The molecule has 0 fully saturated rings. The maximum atomic E-state index is 11.6. The number of carbonyl (C=O) groups excluding carboxylic acids is 1. The molecule has 1 aromatic rings. The van der Waals surface area contributed by atoms with Gasteiger partial charge in [-0.3, -0.25) is 9.80 Å². The van der Waals surface area contributed by atoms with Crippen molar-refractivity contribution in [2.75, 3.05) is 7.05 Å². The lowest BCUT2D eigenvalue weighted by Gasteiger charge is -2.12. The summed E-state index contributed by atoms with van der Waals surface area (Å²) < 4.78 is 1.17. The van der Waals surface area contributed by atoms with E-state index in [0.29, 0.717) is 6.54 Å². The molecule has 1 heterocycles. The summed E-state index contributed by atoms with van der Waals surface area (Å²) >= 11 is 2.25. The van der Waals surface area contributed by atoms with E-state index in [1.165, 1.54) is 3.57 Å². The maximum absolute atomic E-state index is 11.6. The molecule has 1 aliphatic heterocycles. The van der Waals surface area contributed by atoms with E-state index >= 15 is 0 Å². The Bertz CT molecular complexity index is 365. The molecule has 0 spiro atoms. The molecule has 68 valence electrons. The summed E-state index contributed by atoms with van der Waals surface area (Å²) in [4.78, 5) is 11.6. The largest absolute Gasteiger partial charge is 0.270 e. The lowest BCUT2D eigenvalue weighted by molar-refractivity contribution is 0.0706. The highest BCUT2D eigenvalue weighted by Crippen LogP contribution is 2.22. The van der Waals surface area contributed by atoms with Crippen LogP contribution in [0.5, 0.6) is 0 Å². The van der Waals surface area contributed by atoms with Gasteiger partial charge >= 0.3 is 0 Å². The third-order valence-electron chi connectivity index (χ3n) is 2.14. The Morgan fingerprint density at radius 2 is 2.31 bits per heavy atom. The molecule has 1 N–H and O–H groups in total. The van der Waals surface area contributed by atoms with E-state index in [-0.39, 0.29) is 5.91 Å². The highest BCUT2D eigenvalue weighted by molar-refractivity contribution is 14.1. The van der Waals surface area contributed by atoms with Crippen LogP contribution in [0.25, 0.3) is 0 Å². The lowest BCUT2D eigenvalue weighted by Crippen LogP contribution is -2.34. The van der Waals surface area contributed by atoms with Crippen molar-refractivity contribution in [3.05, 3.63) is 32.9 Å². The second-order valence-electron chi connectivity index (χ2n) is 2.92. The number of carbonyl (C=O) groups is 1. The van der Waals surface area contributed by atoms with Crippen molar-refractivity contribution in [3.8, 4) is 0 Å². The van der Waals surface area contributed by atoms with Gasteiger partial charge in [-0.1, -0.05) is 0 Å². The zero-order chi connectivity index (χ0) is 9.42. The van der Waals surface area contributed by atoms with E-state index in [9.17, 15) is 4.79 Å². The molecule has 1 amide bonds. The highest BCUT2D eigenvalue weighted by atomic mass is 127. The monoisotopic (exact) mass is 288 g/mol. The van der Waals surface area contributed by atoms with Crippen LogP contribution in [0, 0.1) is 3.57 Å². The van der Waals surface area contributed by atoms with Crippen LogP contribution < -0.4 is 5.43 Å². The summed E-state index contributed by atoms with van der Waals surface area (Å²) in [6, 6.07) is 5.89. The smallest absolute Gasteiger partial charge is 0.268 e. The SMILES string of the molecule is CNN1Cc2cc(I)ccc2C1=O. The van der Waals surface area contributed by atoms with Gasteiger partial charge in [0.1, 0.15) is 0 Å². The zero-order valence-electron chi connectivity index (χ0n) is 7.17. The van der Waals surface area contributed by atoms with Gasteiger partial charge in [-0.15, -0.1) is 0 Å². The van der Waals surface area contributed by atoms with E-state index in [1.807, 2.05) is 18.2 Å². The predicted molar refractivity (Wildman–Crippen MR) is 58.1 cm³/mol. The Kier molecular flexibility index (Phi) is 2.25. The Balaban J connectivity index is 2.44. The fraction of sp³-hybridized carbons (Fsp3) is 0.222. The standard InChI is InChI=1S/C9H9IN2O/c1-11-12-5-6-4-7(10)2-3-8(6)9(12)13/h2-4,11H,5H2,1H3. The first kappa shape index (κ1) is 8.96. The van der Waals surface area contributed by atoms with Crippen molar-refractivity contribution in [3.63, 3.8) is 0 Å². The number of hydrazine groups is 1. The number of nitrogens with one attached hydrogen (secondary N) is 1. The molecule has 0 atom stereocenters. The minimum atomic E-state index is 0.0638. The van der Waals surface area contributed by atoms with Crippen molar-refractivity contribution in [1.29, 1.82) is 0 Å². The van der Waals surface area contributed by atoms with E-state index in [2.05, 4.69) is 28.0 Å². The van der Waals surface area contributed by atoms with E-state index in [4.69, 9.17) is 0 Å². The molecule has 0 saturated carbocycles. The van der Waals surface area contributed by atoms with Crippen LogP contribution in [-0.2, 0) is 6.54 Å². The van der Waals surface area contributed by atoms with Crippen LogP contribution in [0.3, 0.4) is 0 Å². The molecule has 0 unspecified atom stereocenters. The summed E-state index contributed by atoms with van der Waals surface area (Å²) in [6.45, 7) is 0.668. The normalized spacial score (nSPS) is 14.9. The number of nitrogens with zero attached hydrogens (tertiary/aromatic N) is 1. The van der Waals surface area contributed by atoms with Gasteiger partial charge in [0.25, 0.3) is 5.91 Å². The van der Waals surface area contributed by atoms with Gasteiger partial charge in [0.05, 0.1) is 6.54 Å². The van der Waals surface area contributed by atoms with Crippen molar-refractivity contribution in [2.24, 2.45) is 0 Å². The van der Waals surface area contributed by atoms with Crippen LogP contribution in [0.2, 0.25) is 0 Å². The average Bonchev–Trinajstić information content (AvgIpc) is 2.42. The van der Waals surface area contributed by atoms with Gasteiger partial charge in [0, 0.05) is 16.2 Å². The molecular weight excluding hydrogens is 279 g/mol. The Morgan fingerprint density at radius 1 is 1.54 bits per heavy atom. The number of halogens is 1. The molecule has 13 heavy (non-hydrogen) atoms. The average molecular weight is 288 g/mol. The second kappa shape index (κ2) is 3.26. The van der Waals surface area contributed by atoms with Crippen molar-refractivity contribution in [1.82, 2.24) is 10.4 Å². The molecule has 0 aromatic heterocycles. The number of amides is 1. The summed E-state index contributed by atoms with van der Waals surface area (Å²) in [5.41, 5.74) is 4.78. The molecule has 1 aliphatic rings. The molecule has 0 radical (unpaired) electrons. The van der Waals surface area contributed by atoms with Crippen LogP contribution in [-0.4, -0.2) is 18.0 Å². The number of rotatable bonds is 1. The Hall–Kier alpha value is -0.620. The van der Waals surface area contributed by atoms with Crippen LogP contribution in [0.4, 0.5) is 0 Å². The molecule has 3 nitrogen and oxygen atoms in total. The van der Waals surface area contributed by atoms with Gasteiger partial charge < -0.3 is 0 Å². The molecule has 0 bridgehead atoms. The fourth-order valence-corrected chi connectivity index (χ4v) is 2.03. The summed E-state index contributed by atoms with van der Waals surface area (Å²) in [5.74, 6) is 0.0638. The van der Waals surface area contributed by atoms with Crippen molar-refractivity contribution >= 4 is 28.5 Å². The third-order valence-corrected chi connectivity index (χ3v) is 2.81. The summed E-state index contributed by atoms with van der Waals surface area (Å²) in [7, 11) is 1.76. The first-order chi connectivity index (χ1) is 6.22. The highest BCUT2D eigenvalue weighted by Gasteiger charge is 2.25. The van der Waals surface area contributed by atoms with Gasteiger partial charge in [-0.2, -0.15) is 0 Å². The van der Waals surface area contributed by atoms with E-state index in [0.717, 1.165) is 11.1 Å². The quantitative estimate of drug-likeness (QED) is 0.792. The zero-order valence-corrected chi connectivity index (χ0v) is 9.33. The van der Waals surface area contributed by atoms with Gasteiger partial charge in [0.2, 0.25) is 0 Å². The minimum Gasteiger partial charge on any atom is -0.270 e. The molecule has 0 aliphatic carbocycles. The first-order valence-corrected chi connectivity index (χ1v) is 5.08. The van der Waals surface area contributed by atoms with Crippen LogP contribution in [0.15, 0.2) is 18.2 Å². The summed E-state index contributed by atoms with van der Waals surface area (Å²) in [5, 5.41) is 1.61. The molecule has 0 saturated heterocycles. The lowest BCUT2D eigenvalue weighted by atomic mass is 10.1. The van der Waals surface area contributed by atoms with Crippen molar-refractivity contribution < 1.29 is 4.79 Å². The van der Waals surface area contributed by atoms with Crippen LogP contribution in [0.1, 0.15) is 15.9 Å². The van der Waals surface area contributed by atoms with E-state index in [1.54, 1.807) is 12.1 Å². The van der Waals surface area contributed by atoms with E-state index < -0.39 is 0 Å². The minimum absolute atomic E-state index is 0.0638. The Labute approximate surface area is 90.2 Å². The van der Waals surface area contributed by atoms with Gasteiger partial charge in [-0.25, -0.2) is 5.43 Å². The van der Waals surface area contributed by atoms with Crippen LogP contribution >= 0.6 is 22.6 Å². The summed E-state index contributed by atoms with van der Waals surface area (Å²) in [6.07, 6.45) is 0. The molecular formula is C9H9IN2O. The number of hydrogen-bond acceptors (Lipinski definition) is 2. The molecule has 1 aromatic carbocycles. The first-order valence-electron chi connectivity index (χ1n) is 4.00. The molecule has 2 rings (SSSR count). The maximum Gasteiger partial charge on any atom is 0.268 e. The number of benzene rings is 1. The Morgan fingerprint density at radius 3 is 3.00 bits per heavy atom. The molecule has 4 heteroatoms. The second-order valence-corrected chi connectivity index (χ2v) is 4.16. The topological polar surface area (TPSA) is 32.3 Å². The van der Waals surface area contributed by atoms with Gasteiger partial charge in [-0.05, 0) is 46.4 Å². The number of fused-ring (bicyclic) bond motifs is 1. The van der Waals surface area contributed by atoms with Crippen molar-refractivity contribution in [2.45, 2.75) is 6.54 Å². The third kappa shape index (κ3) is 1.44.